The Morgan fingerprint density at radius 3 is 2.60 bits per heavy atom. The highest BCUT2D eigenvalue weighted by atomic mass is 19.4. The van der Waals surface area contributed by atoms with Crippen molar-refractivity contribution < 1.29 is 22.8 Å². The molecule has 2 aromatic carbocycles. The first-order valence-corrected chi connectivity index (χ1v) is 14.6. The Balaban J connectivity index is 1.26. The van der Waals surface area contributed by atoms with Crippen LogP contribution < -0.4 is 10.2 Å². The summed E-state index contributed by atoms with van der Waals surface area (Å²) < 4.78 is 45.0. The molecular weight excluding hydrogens is 557 g/mol. The van der Waals surface area contributed by atoms with Crippen molar-refractivity contribution in [3.8, 4) is 0 Å². The maximum absolute atomic E-state index is 14.4. The number of benzene rings is 2. The van der Waals surface area contributed by atoms with Crippen molar-refractivity contribution in [2.24, 2.45) is 18.9 Å². The van der Waals surface area contributed by atoms with E-state index in [0.717, 1.165) is 30.3 Å². The fraction of sp³-hybridized carbons (Fsp3) is 0.438. The van der Waals surface area contributed by atoms with Crippen molar-refractivity contribution in [2.45, 2.75) is 50.9 Å². The van der Waals surface area contributed by atoms with E-state index in [9.17, 15) is 22.8 Å². The minimum absolute atomic E-state index is 0.00305. The smallest absolute Gasteiger partial charge is 0.338 e. The van der Waals surface area contributed by atoms with Gasteiger partial charge in [-0.25, -0.2) is 0 Å². The zero-order valence-corrected chi connectivity index (χ0v) is 24.5. The fourth-order valence-corrected chi connectivity index (χ4v) is 6.98. The second-order valence-electron chi connectivity index (χ2n) is 12.3. The Kier molecular flexibility index (Phi) is 7.19. The van der Waals surface area contributed by atoms with Crippen LogP contribution in [-0.2, 0) is 30.0 Å². The van der Waals surface area contributed by atoms with Gasteiger partial charge in [0.2, 0.25) is 5.91 Å². The monoisotopic (exact) mass is 592 g/mol. The van der Waals surface area contributed by atoms with Gasteiger partial charge < -0.3 is 19.7 Å². The number of aryl methyl sites for hydroxylation is 1. The van der Waals surface area contributed by atoms with Crippen LogP contribution in [0.1, 0.15) is 71.2 Å². The summed E-state index contributed by atoms with van der Waals surface area (Å²) in [6, 6.07) is 9.88. The van der Waals surface area contributed by atoms with Gasteiger partial charge in [0.05, 0.1) is 17.5 Å². The Bertz CT molecular complexity index is 1590. The summed E-state index contributed by atoms with van der Waals surface area (Å²) in [7, 11) is 1.90. The van der Waals surface area contributed by atoms with Gasteiger partial charge in [-0.2, -0.15) is 13.2 Å². The van der Waals surface area contributed by atoms with Crippen LogP contribution in [0.5, 0.6) is 0 Å². The summed E-state index contributed by atoms with van der Waals surface area (Å²) in [5.74, 6) is 0.956. The van der Waals surface area contributed by atoms with E-state index in [1.54, 1.807) is 30.3 Å². The zero-order valence-electron chi connectivity index (χ0n) is 24.5. The van der Waals surface area contributed by atoms with E-state index in [2.05, 4.69) is 29.0 Å². The Morgan fingerprint density at radius 1 is 1.23 bits per heavy atom. The molecule has 43 heavy (non-hydrogen) atoms. The molecule has 8 nitrogen and oxygen atoms in total. The minimum atomic E-state index is -4.62. The number of fused-ring (bicyclic) bond motifs is 1. The Morgan fingerprint density at radius 2 is 1.98 bits per heavy atom. The number of aromatic nitrogens is 3. The molecule has 1 aliphatic carbocycles. The number of hydrogen-bond acceptors (Lipinski definition) is 5. The molecule has 2 fully saturated rings. The van der Waals surface area contributed by atoms with Crippen LogP contribution in [0.25, 0.3) is 0 Å². The molecule has 2 amide bonds. The number of amides is 2. The van der Waals surface area contributed by atoms with Gasteiger partial charge in [-0.15, -0.1) is 10.2 Å². The number of halogens is 3. The Labute approximate surface area is 248 Å². The van der Waals surface area contributed by atoms with Gasteiger partial charge in [0, 0.05) is 49.9 Å². The molecule has 2 aliphatic heterocycles. The molecule has 1 aromatic heterocycles. The van der Waals surface area contributed by atoms with E-state index in [1.165, 1.54) is 11.0 Å². The SMILES string of the molecule is C=CC(=O)N1CC(CNC(C)c2cc3c(c(C(F)(F)F)c2)CN(c2cccc(C4(c5nncn5C)CC(C)C4)c2)C3=O)C1. The number of carbonyl (C=O) groups excluding carboxylic acids is 2. The molecule has 0 bridgehead atoms. The normalized spacial score (nSPS) is 22.7. The third-order valence-electron chi connectivity index (χ3n) is 9.27. The van der Waals surface area contributed by atoms with Gasteiger partial charge in [0.15, 0.2) is 0 Å². The first-order valence-electron chi connectivity index (χ1n) is 14.6. The van der Waals surface area contributed by atoms with E-state index in [0.29, 0.717) is 36.8 Å². The van der Waals surface area contributed by atoms with Gasteiger partial charge in [0.1, 0.15) is 12.2 Å². The van der Waals surface area contributed by atoms with E-state index >= 15 is 0 Å². The van der Waals surface area contributed by atoms with Crippen molar-refractivity contribution in [2.75, 3.05) is 24.5 Å². The van der Waals surface area contributed by atoms with Gasteiger partial charge in [-0.1, -0.05) is 25.6 Å². The summed E-state index contributed by atoms with van der Waals surface area (Å²) >= 11 is 0. The second kappa shape index (κ2) is 10.6. The maximum atomic E-state index is 14.4. The first-order chi connectivity index (χ1) is 20.4. The summed E-state index contributed by atoms with van der Waals surface area (Å²) in [6.07, 6.45) is 0.0617. The lowest BCUT2D eigenvalue weighted by Gasteiger charge is -2.46. The topological polar surface area (TPSA) is 83.4 Å². The molecule has 1 atom stereocenters. The number of rotatable bonds is 8. The van der Waals surface area contributed by atoms with Crippen molar-refractivity contribution in [1.82, 2.24) is 25.0 Å². The highest BCUT2D eigenvalue weighted by Gasteiger charge is 2.48. The third-order valence-corrected chi connectivity index (χ3v) is 9.27. The molecule has 3 aliphatic rings. The number of nitrogens with zero attached hydrogens (tertiary/aromatic N) is 5. The van der Waals surface area contributed by atoms with Crippen molar-refractivity contribution >= 4 is 17.5 Å². The lowest BCUT2D eigenvalue weighted by molar-refractivity contribution is -0.138. The van der Waals surface area contributed by atoms with Crippen molar-refractivity contribution in [3.05, 3.63) is 89.0 Å². The summed E-state index contributed by atoms with van der Waals surface area (Å²) in [5, 5.41) is 11.8. The number of hydrogen-bond donors (Lipinski definition) is 1. The summed E-state index contributed by atoms with van der Waals surface area (Å²) in [4.78, 5) is 28.6. The second-order valence-corrected chi connectivity index (χ2v) is 12.3. The largest absolute Gasteiger partial charge is 0.416 e. The lowest BCUT2D eigenvalue weighted by Crippen LogP contribution is -2.52. The van der Waals surface area contributed by atoms with E-state index in [4.69, 9.17) is 0 Å². The quantitative estimate of drug-likeness (QED) is 0.372. The van der Waals surface area contributed by atoms with Crippen LogP contribution >= 0.6 is 0 Å². The fourth-order valence-electron chi connectivity index (χ4n) is 6.98. The van der Waals surface area contributed by atoms with E-state index in [1.807, 2.05) is 29.8 Å². The van der Waals surface area contributed by atoms with Crippen LogP contribution in [0.3, 0.4) is 0 Å². The molecule has 3 aromatic rings. The van der Waals surface area contributed by atoms with Crippen LogP contribution in [0.2, 0.25) is 0 Å². The number of alkyl halides is 3. The molecule has 6 rings (SSSR count). The third kappa shape index (κ3) is 5.03. The first kappa shape index (κ1) is 29.1. The highest BCUT2D eigenvalue weighted by Crippen LogP contribution is 2.52. The van der Waals surface area contributed by atoms with E-state index in [-0.39, 0.29) is 34.9 Å². The number of nitrogens with one attached hydrogen (secondary N) is 1. The molecule has 1 unspecified atom stereocenters. The van der Waals surface area contributed by atoms with Crippen LogP contribution in [-0.4, -0.2) is 51.1 Å². The Hall–Kier alpha value is -3.99. The average Bonchev–Trinajstić information content (AvgIpc) is 3.51. The molecule has 226 valence electrons. The molecule has 0 spiro atoms. The van der Waals surface area contributed by atoms with Crippen molar-refractivity contribution in [1.29, 1.82) is 0 Å². The molecule has 1 saturated heterocycles. The number of carbonyl (C=O) groups is 2. The van der Waals surface area contributed by atoms with Crippen LogP contribution in [0.15, 0.2) is 55.4 Å². The molecule has 0 radical (unpaired) electrons. The van der Waals surface area contributed by atoms with Gasteiger partial charge in [-0.05, 0) is 72.7 Å². The summed E-state index contributed by atoms with van der Waals surface area (Å²) in [6.45, 7) is 9.00. The molecular formula is C32H35F3N6O2. The molecule has 1 N–H and O–H groups in total. The number of anilines is 1. The molecule has 1 saturated carbocycles. The minimum Gasteiger partial charge on any atom is -0.338 e. The van der Waals surface area contributed by atoms with Crippen LogP contribution in [0.4, 0.5) is 18.9 Å². The zero-order chi connectivity index (χ0) is 30.7. The predicted molar refractivity (Wildman–Crippen MR) is 155 cm³/mol. The highest BCUT2D eigenvalue weighted by molar-refractivity contribution is 6.10. The van der Waals surface area contributed by atoms with Gasteiger partial charge >= 0.3 is 6.18 Å². The predicted octanol–water partition coefficient (Wildman–Crippen LogP) is 5.01. The number of likely N-dealkylation sites (tertiary alicyclic amines) is 1. The average molecular weight is 593 g/mol. The lowest BCUT2D eigenvalue weighted by atomic mass is 9.58. The van der Waals surface area contributed by atoms with E-state index < -0.39 is 23.7 Å². The molecule has 11 heteroatoms. The van der Waals surface area contributed by atoms with Crippen LogP contribution in [0, 0.1) is 11.8 Å². The van der Waals surface area contributed by atoms with Gasteiger partial charge in [0.25, 0.3) is 5.91 Å². The standard InChI is InChI=1S/C32H35F3N6O2/c1-5-28(42)40-15-21(16-40)14-36-20(3)22-9-25-26(27(10-22)32(33,34)35)17-41(29(25)43)24-8-6-7-23(11-24)31(12-19(2)13-31)30-38-37-18-39(30)4/h5-11,18-21,36H,1,12-17H2,2-4H3. The van der Waals surface area contributed by atoms with Crippen molar-refractivity contribution in [3.63, 3.8) is 0 Å². The summed E-state index contributed by atoms with van der Waals surface area (Å²) in [5.41, 5.74) is 0.866. The maximum Gasteiger partial charge on any atom is 0.416 e. The van der Waals surface area contributed by atoms with Gasteiger partial charge in [-0.3, -0.25) is 9.59 Å². The molecule has 3 heterocycles.